The van der Waals surface area contributed by atoms with Gasteiger partial charge in [0.05, 0.1) is 19.6 Å². The molecule has 0 fully saturated rings. The minimum Gasteiger partial charge on any atom is -0.493 e. The molecule has 0 unspecified atom stereocenters. The predicted molar refractivity (Wildman–Crippen MR) is 69.4 cm³/mol. The molecule has 98 valence electrons. The van der Waals surface area contributed by atoms with Crippen LogP contribution in [0, 0.1) is 5.92 Å². The average molecular weight is 249 g/mol. The van der Waals surface area contributed by atoms with E-state index in [9.17, 15) is 9.59 Å². The second-order valence-corrected chi connectivity index (χ2v) is 4.31. The van der Waals surface area contributed by atoms with Crippen LogP contribution in [0.1, 0.15) is 20.3 Å². The molecule has 0 saturated carbocycles. The lowest BCUT2D eigenvalue weighted by Gasteiger charge is -2.07. The van der Waals surface area contributed by atoms with Crippen LogP contribution in [-0.4, -0.2) is 24.8 Å². The zero-order valence-electron chi connectivity index (χ0n) is 10.8. The van der Waals surface area contributed by atoms with Gasteiger partial charge in [0.1, 0.15) is 5.75 Å². The van der Waals surface area contributed by atoms with Gasteiger partial charge >= 0.3 is 0 Å². The van der Waals surface area contributed by atoms with Gasteiger partial charge in [-0.2, -0.15) is 0 Å². The Labute approximate surface area is 107 Å². The summed E-state index contributed by atoms with van der Waals surface area (Å²) in [7, 11) is 0. The minimum absolute atomic E-state index is 0.0346. The van der Waals surface area contributed by atoms with Crippen LogP contribution in [0.2, 0.25) is 0 Å². The van der Waals surface area contributed by atoms with E-state index in [0.717, 1.165) is 5.75 Å². The number of Topliss-reactive ketones (excluding diaryl/α,β-unsaturated/α-hetero) is 1. The molecule has 0 radical (unpaired) electrons. The Kier molecular flexibility index (Phi) is 5.91. The lowest BCUT2D eigenvalue weighted by molar-refractivity contribution is -0.126. The summed E-state index contributed by atoms with van der Waals surface area (Å²) < 4.78 is 5.39. The zero-order valence-corrected chi connectivity index (χ0v) is 10.8. The van der Waals surface area contributed by atoms with Crippen LogP contribution in [-0.2, 0) is 9.59 Å². The second-order valence-electron chi connectivity index (χ2n) is 4.31. The van der Waals surface area contributed by atoms with Gasteiger partial charge in [0.15, 0.2) is 5.78 Å². The van der Waals surface area contributed by atoms with E-state index in [4.69, 9.17) is 4.74 Å². The number of ketones is 1. The first-order valence-corrected chi connectivity index (χ1v) is 6.07. The maximum Gasteiger partial charge on any atom is 0.223 e. The molecule has 1 aromatic rings. The highest BCUT2D eigenvalue weighted by Crippen LogP contribution is 2.08. The summed E-state index contributed by atoms with van der Waals surface area (Å²) in [5.41, 5.74) is 0. The Hall–Kier alpha value is -1.84. The number of carbonyl (C=O) groups is 2. The van der Waals surface area contributed by atoms with Crippen LogP contribution in [0.3, 0.4) is 0 Å². The molecule has 0 saturated heterocycles. The van der Waals surface area contributed by atoms with Gasteiger partial charge in [-0.25, -0.2) is 0 Å². The second kappa shape index (κ2) is 7.48. The molecule has 1 N–H and O–H groups in total. The molecular formula is C14H19NO3. The van der Waals surface area contributed by atoms with Crippen LogP contribution in [0.25, 0.3) is 0 Å². The third kappa shape index (κ3) is 5.48. The summed E-state index contributed by atoms with van der Waals surface area (Å²) in [4.78, 5) is 22.7. The Morgan fingerprint density at radius 3 is 2.50 bits per heavy atom. The predicted octanol–water partition coefficient (Wildman–Crippen LogP) is 1.80. The van der Waals surface area contributed by atoms with Crippen LogP contribution in [0.4, 0.5) is 0 Å². The maximum atomic E-state index is 11.4. The molecule has 0 aliphatic rings. The van der Waals surface area contributed by atoms with Crippen molar-refractivity contribution in [3.8, 4) is 5.75 Å². The summed E-state index contributed by atoms with van der Waals surface area (Å²) in [5, 5.41) is 2.58. The molecule has 0 bridgehead atoms. The van der Waals surface area contributed by atoms with E-state index in [1.54, 1.807) is 0 Å². The van der Waals surface area contributed by atoms with Crippen molar-refractivity contribution >= 4 is 11.7 Å². The molecular weight excluding hydrogens is 230 g/mol. The minimum atomic E-state index is -0.167. The molecule has 0 atom stereocenters. The van der Waals surface area contributed by atoms with E-state index in [2.05, 4.69) is 5.32 Å². The van der Waals surface area contributed by atoms with Crippen molar-refractivity contribution in [3.05, 3.63) is 30.3 Å². The van der Waals surface area contributed by atoms with E-state index in [1.807, 2.05) is 44.2 Å². The molecule has 4 heteroatoms. The first-order chi connectivity index (χ1) is 8.59. The largest absolute Gasteiger partial charge is 0.493 e. The van der Waals surface area contributed by atoms with Gasteiger partial charge < -0.3 is 10.1 Å². The monoisotopic (exact) mass is 249 g/mol. The Balaban J connectivity index is 2.16. The van der Waals surface area contributed by atoms with Crippen molar-refractivity contribution in [1.82, 2.24) is 5.32 Å². The topological polar surface area (TPSA) is 55.4 Å². The molecule has 0 aliphatic heterocycles. The number of nitrogens with one attached hydrogen (secondary N) is 1. The number of ether oxygens (including phenoxy) is 1. The third-order valence-electron chi connectivity index (χ3n) is 2.44. The van der Waals surface area contributed by atoms with Crippen molar-refractivity contribution in [1.29, 1.82) is 0 Å². The lowest BCUT2D eigenvalue weighted by atomic mass is 10.1. The molecule has 0 spiro atoms. The highest BCUT2D eigenvalue weighted by Gasteiger charge is 2.09. The Bertz CT molecular complexity index is 387. The van der Waals surface area contributed by atoms with Crippen molar-refractivity contribution in [2.45, 2.75) is 20.3 Å². The molecule has 1 amide bonds. The molecule has 0 aromatic heterocycles. The van der Waals surface area contributed by atoms with Gasteiger partial charge in [0, 0.05) is 5.92 Å². The number of rotatable bonds is 7. The molecule has 0 aliphatic carbocycles. The van der Waals surface area contributed by atoms with Gasteiger partial charge in [-0.1, -0.05) is 32.0 Å². The van der Waals surface area contributed by atoms with Crippen LogP contribution < -0.4 is 10.1 Å². The fourth-order valence-corrected chi connectivity index (χ4v) is 1.26. The summed E-state index contributed by atoms with van der Waals surface area (Å²) in [5.74, 6) is 0.557. The maximum absolute atomic E-state index is 11.4. The number of hydrogen-bond acceptors (Lipinski definition) is 3. The summed E-state index contributed by atoms with van der Waals surface area (Å²) >= 11 is 0. The van der Waals surface area contributed by atoms with Gasteiger partial charge in [-0.15, -0.1) is 0 Å². The molecule has 1 rings (SSSR count). The molecule has 0 heterocycles. The van der Waals surface area contributed by atoms with Gasteiger partial charge in [0.2, 0.25) is 5.91 Å². The van der Waals surface area contributed by atoms with Crippen molar-refractivity contribution < 1.29 is 14.3 Å². The number of hydrogen-bond donors (Lipinski definition) is 1. The zero-order chi connectivity index (χ0) is 13.4. The standard InChI is InChI=1S/C14H19NO3/c1-11(2)13(16)10-15-14(17)8-9-18-12-6-4-3-5-7-12/h3-7,11H,8-10H2,1-2H3,(H,15,17). The number of benzene rings is 1. The fraction of sp³-hybridized carbons (Fsp3) is 0.429. The first-order valence-electron chi connectivity index (χ1n) is 6.07. The fourth-order valence-electron chi connectivity index (χ4n) is 1.26. The van der Waals surface area contributed by atoms with E-state index in [-0.39, 0.29) is 30.6 Å². The summed E-state index contributed by atoms with van der Waals surface area (Å²) in [6.07, 6.45) is 0.250. The smallest absolute Gasteiger partial charge is 0.223 e. The number of amides is 1. The Morgan fingerprint density at radius 1 is 1.22 bits per heavy atom. The van der Waals surface area contributed by atoms with Gasteiger partial charge in [-0.05, 0) is 12.1 Å². The highest BCUT2D eigenvalue weighted by molar-refractivity contribution is 5.87. The average Bonchev–Trinajstić information content (AvgIpc) is 2.37. The third-order valence-corrected chi connectivity index (χ3v) is 2.44. The number of para-hydroxylation sites is 1. The van der Waals surface area contributed by atoms with Crippen LogP contribution >= 0.6 is 0 Å². The molecule has 4 nitrogen and oxygen atoms in total. The van der Waals surface area contributed by atoms with E-state index >= 15 is 0 Å². The quantitative estimate of drug-likeness (QED) is 0.801. The lowest BCUT2D eigenvalue weighted by Crippen LogP contribution is -2.32. The van der Waals surface area contributed by atoms with Crippen LogP contribution in [0.5, 0.6) is 5.75 Å². The summed E-state index contributed by atoms with van der Waals surface area (Å²) in [6, 6.07) is 9.31. The van der Waals surface area contributed by atoms with E-state index < -0.39 is 0 Å². The van der Waals surface area contributed by atoms with Gasteiger partial charge in [0.25, 0.3) is 0 Å². The summed E-state index contributed by atoms with van der Waals surface area (Å²) in [6.45, 7) is 4.04. The SMILES string of the molecule is CC(C)C(=O)CNC(=O)CCOc1ccccc1. The van der Waals surface area contributed by atoms with Gasteiger partial charge in [-0.3, -0.25) is 9.59 Å². The van der Waals surface area contributed by atoms with E-state index in [0.29, 0.717) is 6.61 Å². The number of carbonyl (C=O) groups excluding carboxylic acids is 2. The first kappa shape index (κ1) is 14.2. The molecule has 18 heavy (non-hydrogen) atoms. The molecule has 1 aromatic carbocycles. The Morgan fingerprint density at radius 2 is 1.89 bits per heavy atom. The van der Waals surface area contributed by atoms with Crippen LogP contribution in [0.15, 0.2) is 30.3 Å². The van der Waals surface area contributed by atoms with Crippen molar-refractivity contribution in [2.24, 2.45) is 5.92 Å². The van der Waals surface area contributed by atoms with Crippen molar-refractivity contribution in [3.63, 3.8) is 0 Å². The highest BCUT2D eigenvalue weighted by atomic mass is 16.5. The van der Waals surface area contributed by atoms with Crippen molar-refractivity contribution in [2.75, 3.05) is 13.2 Å². The normalized spacial score (nSPS) is 10.2. The van der Waals surface area contributed by atoms with E-state index in [1.165, 1.54) is 0 Å².